The van der Waals surface area contributed by atoms with Crippen LogP contribution < -0.4 is 5.73 Å². The van der Waals surface area contributed by atoms with Crippen molar-refractivity contribution < 1.29 is 34.2 Å². The second kappa shape index (κ2) is 8.73. The third-order valence-corrected chi connectivity index (χ3v) is 8.36. The molecule has 1 aromatic carbocycles. The van der Waals surface area contributed by atoms with E-state index < -0.39 is 58.3 Å². The van der Waals surface area contributed by atoms with E-state index in [0.29, 0.717) is 17.9 Å². The van der Waals surface area contributed by atoms with E-state index in [9.17, 15) is 34.2 Å². The first-order chi connectivity index (χ1) is 16.1. The van der Waals surface area contributed by atoms with E-state index in [1.54, 1.807) is 0 Å². The van der Waals surface area contributed by atoms with Crippen molar-refractivity contribution in [3.05, 3.63) is 28.8 Å². The van der Waals surface area contributed by atoms with Gasteiger partial charge >= 0.3 is 0 Å². The number of ketones is 4. The summed E-state index contributed by atoms with van der Waals surface area (Å²) in [6, 6.07) is 3.27. The molecule has 2 saturated carbocycles. The molecule has 3 aliphatic carbocycles. The molecule has 5 atom stereocenters. The fraction of sp³-hybridized carbons (Fsp3) is 0.577. The lowest BCUT2D eigenvalue weighted by Crippen LogP contribution is -2.68. The van der Waals surface area contributed by atoms with Crippen molar-refractivity contribution in [1.29, 1.82) is 0 Å². The Bertz CT molecular complexity index is 1090. The molecule has 0 bridgehead atoms. The number of aryl methyl sites for hydroxylation is 1. The number of phenols is 1. The van der Waals surface area contributed by atoms with Gasteiger partial charge in [-0.05, 0) is 54.7 Å². The number of phenolic OH excluding ortho intramolecular Hbond substituents is 1. The SMILES string of the molecule is CCC(CC)CCc1ccc(O)c2c1CC1CC3CC(=O)C(C(N)=O)C(=O)[C@@]3(O)C(=O)C1C2=O. The largest absolute Gasteiger partial charge is 0.507 e. The van der Waals surface area contributed by atoms with Crippen molar-refractivity contribution >= 4 is 29.0 Å². The predicted molar refractivity (Wildman–Crippen MR) is 121 cm³/mol. The number of nitrogens with two attached hydrogens (primary N) is 1. The lowest BCUT2D eigenvalue weighted by molar-refractivity contribution is -0.175. The normalized spacial score (nSPS) is 30.7. The molecular weight excluding hydrogens is 438 g/mol. The zero-order valence-corrected chi connectivity index (χ0v) is 19.5. The number of rotatable bonds is 6. The Balaban J connectivity index is 1.72. The van der Waals surface area contributed by atoms with Gasteiger partial charge in [0.2, 0.25) is 5.91 Å². The minimum absolute atomic E-state index is 0.0736. The number of fused-ring (bicyclic) bond motifs is 3. The van der Waals surface area contributed by atoms with E-state index in [-0.39, 0.29) is 24.2 Å². The third-order valence-electron chi connectivity index (χ3n) is 8.36. The maximum absolute atomic E-state index is 13.5. The monoisotopic (exact) mass is 469 g/mol. The molecule has 1 aromatic rings. The van der Waals surface area contributed by atoms with Crippen LogP contribution in [0.5, 0.6) is 5.75 Å². The number of amides is 1. The number of primary amides is 1. The van der Waals surface area contributed by atoms with Crippen LogP contribution in [0.15, 0.2) is 12.1 Å². The number of benzene rings is 1. The van der Waals surface area contributed by atoms with Gasteiger partial charge in [-0.25, -0.2) is 0 Å². The summed E-state index contributed by atoms with van der Waals surface area (Å²) in [6.07, 6.45) is 3.88. The molecule has 0 aromatic heterocycles. The van der Waals surface area contributed by atoms with Gasteiger partial charge in [0, 0.05) is 12.3 Å². The third kappa shape index (κ3) is 3.50. The summed E-state index contributed by atoms with van der Waals surface area (Å²) in [7, 11) is 0. The van der Waals surface area contributed by atoms with Gasteiger partial charge in [0.1, 0.15) is 5.75 Å². The van der Waals surface area contributed by atoms with Crippen LogP contribution >= 0.6 is 0 Å². The summed E-state index contributed by atoms with van der Waals surface area (Å²) in [6.45, 7) is 4.28. The smallest absolute Gasteiger partial charge is 0.235 e. The fourth-order valence-electron chi connectivity index (χ4n) is 6.32. The average molecular weight is 470 g/mol. The van der Waals surface area contributed by atoms with Crippen LogP contribution in [-0.4, -0.2) is 44.9 Å². The zero-order chi connectivity index (χ0) is 24.9. The van der Waals surface area contributed by atoms with Gasteiger partial charge in [-0.15, -0.1) is 0 Å². The molecule has 4 unspecified atom stereocenters. The highest BCUT2D eigenvalue weighted by atomic mass is 16.3. The average Bonchev–Trinajstić information content (AvgIpc) is 2.78. The Morgan fingerprint density at radius 3 is 2.41 bits per heavy atom. The summed E-state index contributed by atoms with van der Waals surface area (Å²) in [4.78, 5) is 64.1. The Labute approximate surface area is 197 Å². The molecule has 1 amide bonds. The molecule has 34 heavy (non-hydrogen) atoms. The van der Waals surface area contributed by atoms with E-state index in [4.69, 9.17) is 5.73 Å². The van der Waals surface area contributed by atoms with Crippen LogP contribution in [0.1, 0.15) is 67.4 Å². The van der Waals surface area contributed by atoms with Crippen LogP contribution in [0.4, 0.5) is 0 Å². The van der Waals surface area contributed by atoms with Gasteiger partial charge in [0.25, 0.3) is 0 Å². The van der Waals surface area contributed by atoms with Gasteiger partial charge in [0.15, 0.2) is 34.7 Å². The van der Waals surface area contributed by atoms with Crippen molar-refractivity contribution in [3.8, 4) is 5.75 Å². The molecule has 2 fully saturated rings. The predicted octanol–water partition coefficient (Wildman–Crippen LogP) is 1.70. The van der Waals surface area contributed by atoms with E-state index >= 15 is 0 Å². The Hall–Kier alpha value is -2.87. The summed E-state index contributed by atoms with van der Waals surface area (Å²) < 4.78 is 0. The maximum atomic E-state index is 13.5. The first-order valence-electron chi connectivity index (χ1n) is 12.1. The summed E-state index contributed by atoms with van der Waals surface area (Å²) in [5.74, 6) is -9.16. The maximum Gasteiger partial charge on any atom is 0.235 e. The topological polar surface area (TPSA) is 152 Å². The Kier molecular flexibility index (Phi) is 6.23. The van der Waals surface area contributed by atoms with Gasteiger partial charge in [0.05, 0.1) is 11.5 Å². The highest BCUT2D eigenvalue weighted by Gasteiger charge is 2.66. The Morgan fingerprint density at radius 2 is 1.79 bits per heavy atom. The van der Waals surface area contributed by atoms with Crippen molar-refractivity contribution in [3.63, 3.8) is 0 Å². The molecule has 4 N–H and O–H groups in total. The number of hydrogen-bond acceptors (Lipinski definition) is 7. The van der Waals surface area contributed by atoms with Crippen molar-refractivity contribution in [1.82, 2.24) is 0 Å². The Morgan fingerprint density at radius 1 is 1.12 bits per heavy atom. The number of Topliss-reactive ketones (excluding diaryl/α,β-unsaturated/α-hetero) is 4. The van der Waals surface area contributed by atoms with E-state index in [2.05, 4.69) is 13.8 Å². The van der Waals surface area contributed by atoms with Crippen molar-refractivity contribution in [2.75, 3.05) is 0 Å². The number of carbonyl (C=O) groups excluding carboxylic acids is 5. The van der Waals surface area contributed by atoms with Crippen LogP contribution in [-0.2, 0) is 32.0 Å². The summed E-state index contributed by atoms with van der Waals surface area (Å²) >= 11 is 0. The van der Waals surface area contributed by atoms with Crippen molar-refractivity contribution in [2.24, 2.45) is 35.3 Å². The van der Waals surface area contributed by atoms with Crippen molar-refractivity contribution in [2.45, 2.75) is 64.4 Å². The molecule has 8 heteroatoms. The second-order valence-corrected chi connectivity index (χ2v) is 10.1. The second-order valence-electron chi connectivity index (χ2n) is 10.1. The van der Waals surface area contributed by atoms with Gasteiger partial charge in [-0.3, -0.25) is 24.0 Å². The fourth-order valence-corrected chi connectivity index (χ4v) is 6.32. The summed E-state index contributed by atoms with van der Waals surface area (Å²) in [5, 5.41) is 21.7. The molecule has 0 aliphatic heterocycles. The molecule has 8 nitrogen and oxygen atoms in total. The number of aromatic hydroxyl groups is 1. The number of hydrogen-bond donors (Lipinski definition) is 3. The standard InChI is InChI=1S/C26H31NO7/c1-3-12(4-2)5-6-13-7-8-17(28)20-16(13)10-14-9-15-11-18(29)21(25(27)33)24(32)26(15,34)23(31)19(14)22(20)30/h7-8,12,14-15,19,21,28,34H,3-6,9-11H2,1-2H3,(H2,27,33)/t14?,15?,19?,21?,26-/m0/s1. The van der Waals surface area contributed by atoms with Crippen LogP contribution in [0.2, 0.25) is 0 Å². The van der Waals surface area contributed by atoms with Gasteiger partial charge in [-0.1, -0.05) is 32.8 Å². The molecule has 4 rings (SSSR count). The molecule has 182 valence electrons. The molecule has 0 saturated heterocycles. The lowest BCUT2D eigenvalue weighted by atomic mass is 9.53. The minimum atomic E-state index is -2.61. The van der Waals surface area contributed by atoms with Gasteiger partial charge in [-0.2, -0.15) is 0 Å². The minimum Gasteiger partial charge on any atom is -0.507 e. The first-order valence-corrected chi connectivity index (χ1v) is 12.1. The van der Waals surface area contributed by atoms with Crippen LogP contribution in [0.3, 0.4) is 0 Å². The van der Waals surface area contributed by atoms with Gasteiger partial charge < -0.3 is 15.9 Å². The summed E-state index contributed by atoms with van der Waals surface area (Å²) in [5.41, 5.74) is 4.32. The molecule has 0 spiro atoms. The molecular formula is C26H31NO7. The van der Waals surface area contributed by atoms with Crippen LogP contribution in [0.25, 0.3) is 0 Å². The number of carbonyl (C=O) groups is 5. The van der Waals surface area contributed by atoms with E-state index in [1.807, 2.05) is 6.07 Å². The highest BCUT2D eigenvalue weighted by molar-refractivity contribution is 6.31. The molecule has 0 heterocycles. The lowest BCUT2D eigenvalue weighted by Gasteiger charge is -2.48. The van der Waals surface area contributed by atoms with E-state index in [0.717, 1.165) is 31.2 Å². The first kappa shape index (κ1) is 24.3. The van der Waals surface area contributed by atoms with E-state index in [1.165, 1.54) is 6.07 Å². The molecule has 3 aliphatic rings. The number of aliphatic hydroxyl groups is 1. The van der Waals surface area contributed by atoms with Crippen LogP contribution in [0, 0.1) is 29.6 Å². The zero-order valence-electron chi connectivity index (χ0n) is 19.5. The quantitative estimate of drug-likeness (QED) is 0.536. The highest BCUT2D eigenvalue weighted by Crippen LogP contribution is 2.50. The molecule has 0 radical (unpaired) electrons.